The predicted molar refractivity (Wildman–Crippen MR) is 64.2 cm³/mol. The molecule has 0 saturated carbocycles. The number of unbranched alkanes of at least 4 members (excludes halogenated alkanes) is 1. The van der Waals surface area contributed by atoms with Gasteiger partial charge in [-0.3, -0.25) is 4.68 Å². The van der Waals surface area contributed by atoms with Crippen molar-refractivity contribution >= 4 is 11.6 Å². The molecule has 0 aliphatic carbocycles. The summed E-state index contributed by atoms with van der Waals surface area (Å²) in [6.07, 6.45) is 1.81. The molecule has 0 radical (unpaired) electrons. The molecule has 0 amide bonds. The maximum absolute atomic E-state index is 5.59. The zero-order chi connectivity index (χ0) is 11.3. The van der Waals surface area contributed by atoms with Crippen molar-refractivity contribution in [2.45, 2.75) is 40.2 Å². The fourth-order valence-electron chi connectivity index (χ4n) is 1.49. The molecule has 0 saturated heterocycles. The van der Waals surface area contributed by atoms with Gasteiger partial charge >= 0.3 is 0 Å². The Balaban J connectivity index is 2.83. The minimum atomic E-state index is 0.681. The van der Waals surface area contributed by atoms with E-state index in [1.165, 1.54) is 0 Å². The molecule has 0 aliphatic heterocycles. The zero-order valence-corrected chi connectivity index (χ0v) is 10.4. The van der Waals surface area contributed by atoms with Crippen LogP contribution in [0.25, 0.3) is 0 Å². The van der Waals surface area contributed by atoms with Crippen molar-refractivity contribution < 1.29 is 0 Å². The highest BCUT2D eigenvalue weighted by Gasteiger charge is 2.07. The topological polar surface area (TPSA) is 17.8 Å². The van der Waals surface area contributed by atoms with Crippen LogP contribution in [-0.2, 0) is 6.54 Å². The van der Waals surface area contributed by atoms with Crippen LogP contribution in [0.4, 0.5) is 0 Å². The van der Waals surface area contributed by atoms with Crippen molar-refractivity contribution in [1.29, 1.82) is 0 Å². The molecule has 0 unspecified atom stereocenters. The van der Waals surface area contributed by atoms with Gasteiger partial charge in [-0.25, -0.2) is 0 Å². The van der Waals surface area contributed by atoms with E-state index in [4.69, 9.17) is 11.6 Å². The van der Waals surface area contributed by atoms with Crippen molar-refractivity contribution in [3.63, 3.8) is 0 Å². The fourth-order valence-corrected chi connectivity index (χ4v) is 1.63. The van der Waals surface area contributed by atoms with Crippen LogP contribution in [0.2, 0.25) is 0 Å². The Bertz CT molecular complexity index is 382. The van der Waals surface area contributed by atoms with Gasteiger partial charge in [-0.15, -0.1) is 11.6 Å². The summed E-state index contributed by atoms with van der Waals surface area (Å²) in [4.78, 5) is 0. The molecular formula is C12H17ClN2. The Hall–Kier alpha value is -0.940. The molecule has 1 aromatic rings. The summed E-state index contributed by atoms with van der Waals surface area (Å²) >= 11 is 5.59. The van der Waals surface area contributed by atoms with Crippen LogP contribution in [0.1, 0.15) is 36.7 Å². The average Bonchev–Trinajstić information content (AvgIpc) is 2.50. The van der Waals surface area contributed by atoms with Crippen molar-refractivity contribution in [3.05, 3.63) is 17.0 Å². The normalized spacial score (nSPS) is 9.87. The molecule has 0 spiro atoms. The van der Waals surface area contributed by atoms with Crippen LogP contribution >= 0.6 is 11.6 Å². The van der Waals surface area contributed by atoms with Crippen LogP contribution in [0.3, 0.4) is 0 Å². The Morgan fingerprint density at radius 1 is 1.40 bits per heavy atom. The Morgan fingerprint density at radius 3 is 2.67 bits per heavy atom. The molecule has 0 aliphatic rings. The molecule has 0 bridgehead atoms. The number of nitrogens with zero attached hydrogens (tertiary/aromatic N) is 2. The number of aryl methyl sites for hydroxylation is 2. The van der Waals surface area contributed by atoms with E-state index in [0.717, 1.165) is 36.3 Å². The first-order valence-corrected chi connectivity index (χ1v) is 5.83. The standard InChI is InChI=1S/C12H17ClN2/c1-4-15-11(3)12(10(2)14-15)8-6-5-7-9-13/h4-5,7,9H2,1-3H3. The SMILES string of the molecule is CCn1nc(C)c(C#CCCCCl)c1C. The lowest BCUT2D eigenvalue weighted by molar-refractivity contribution is 0.634. The monoisotopic (exact) mass is 224 g/mol. The summed E-state index contributed by atoms with van der Waals surface area (Å²) in [5, 5.41) is 4.42. The first-order valence-electron chi connectivity index (χ1n) is 5.29. The van der Waals surface area contributed by atoms with Gasteiger partial charge in [0.05, 0.1) is 17.0 Å². The molecule has 0 fully saturated rings. The number of hydrogen-bond acceptors (Lipinski definition) is 1. The maximum atomic E-state index is 5.59. The van der Waals surface area contributed by atoms with Crippen molar-refractivity contribution in [2.75, 3.05) is 5.88 Å². The van der Waals surface area contributed by atoms with Crippen LogP contribution < -0.4 is 0 Å². The average molecular weight is 225 g/mol. The lowest BCUT2D eigenvalue weighted by Gasteiger charge is -1.96. The Labute approximate surface area is 96.6 Å². The first-order chi connectivity index (χ1) is 7.20. The lowest BCUT2D eigenvalue weighted by Crippen LogP contribution is -1.98. The smallest absolute Gasteiger partial charge is 0.0753 e. The number of aromatic nitrogens is 2. The van der Waals surface area contributed by atoms with Crippen molar-refractivity contribution in [1.82, 2.24) is 9.78 Å². The van der Waals surface area contributed by atoms with E-state index in [1.54, 1.807) is 0 Å². The van der Waals surface area contributed by atoms with E-state index >= 15 is 0 Å². The van der Waals surface area contributed by atoms with Gasteiger partial charge in [-0.2, -0.15) is 5.10 Å². The number of alkyl halides is 1. The highest BCUT2D eigenvalue weighted by atomic mass is 35.5. The van der Waals surface area contributed by atoms with Gasteiger partial charge in [0, 0.05) is 18.8 Å². The van der Waals surface area contributed by atoms with E-state index in [0.29, 0.717) is 5.88 Å². The van der Waals surface area contributed by atoms with E-state index in [9.17, 15) is 0 Å². The molecule has 2 nitrogen and oxygen atoms in total. The van der Waals surface area contributed by atoms with Crippen molar-refractivity contribution in [3.8, 4) is 11.8 Å². The summed E-state index contributed by atoms with van der Waals surface area (Å²) in [6.45, 7) is 7.06. The third-order valence-electron chi connectivity index (χ3n) is 2.33. The summed E-state index contributed by atoms with van der Waals surface area (Å²) in [5.41, 5.74) is 3.26. The highest BCUT2D eigenvalue weighted by molar-refractivity contribution is 6.17. The lowest BCUT2D eigenvalue weighted by atomic mass is 10.2. The van der Waals surface area contributed by atoms with E-state index < -0.39 is 0 Å². The third kappa shape index (κ3) is 3.00. The first kappa shape index (κ1) is 12.1. The Morgan fingerprint density at radius 2 is 2.13 bits per heavy atom. The predicted octanol–water partition coefficient (Wildman–Crippen LogP) is 2.89. The molecule has 1 rings (SSSR count). The molecule has 0 N–H and O–H groups in total. The maximum Gasteiger partial charge on any atom is 0.0753 e. The zero-order valence-electron chi connectivity index (χ0n) is 9.60. The fraction of sp³-hybridized carbons (Fsp3) is 0.583. The molecule has 0 atom stereocenters. The van der Waals surface area contributed by atoms with Gasteiger partial charge in [0.25, 0.3) is 0 Å². The molecule has 15 heavy (non-hydrogen) atoms. The van der Waals surface area contributed by atoms with Gasteiger partial charge in [-0.1, -0.05) is 11.8 Å². The van der Waals surface area contributed by atoms with Crippen molar-refractivity contribution in [2.24, 2.45) is 0 Å². The summed E-state index contributed by atoms with van der Waals surface area (Å²) in [6, 6.07) is 0. The van der Waals surface area contributed by atoms with Gasteiger partial charge in [-0.05, 0) is 27.2 Å². The molecule has 3 heteroatoms. The number of hydrogen-bond donors (Lipinski definition) is 0. The largest absolute Gasteiger partial charge is 0.269 e. The Kier molecular flexibility index (Phi) is 4.71. The molecule has 1 aromatic heterocycles. The summed E-state index contributed by atoms with van der Waals surface area (Å²) in [7, 11) is 0. The second-order valence-electron chi connectivity index (χ2n) is 3.46. The van der Waals surface area contributed by atoms with Gasteiger partial charge < -0.3 is 0 Å². The van der Waals surface area contributed by atoms with Crippen LogP contribution in [0, 0.1) is 25.7 Å². The van der Waals surface area contributed by atoms with Gasteiger partial charge in [0.15, 0.2) is 0 Å². The van der Waals surface area contributed by atoms with Gasteiger partial charge in [0.1, 0.15) is 0 Å². The van der Waals surface area contributed by atoms with Crippen LogP contribution in [0.15, 0.2) is 0 Å². The van der Waals surface area contributed by atoms with E-state index in [1.807, 2.05) is 11.6 Å². The summed E-state index contributed by atoms with van der Waals surface area (Å²) in [5.74, 6) is 6.99. The van der Waals surface area contributed by atoms with Crippen LogP contribution in [0.5, 0.6) is 0 Å². The highest BCUT2D eigenvalue weighted by Crippen LogP contribution is 2.11. The van der Waals surface area contributed by atoms with E-state index in [2.05, 4.69) is 30.8 Å². The molecule has 82 valence electrons. The minimum Gasteiger partial charge on any atom is -0.269 e. The third-order valence-corrected chi connectivity index (χ3v) is 2.60. The number of rotatable bonds is 3. The minimum absolute atomic E-state index is 0.681. The quantitative estimate of drug-likeness (QED) is 0.439. The second-order valence-corrected chi connectivity index (χ2v) is 3.83. The second kappa shape index (κ2) is 5.82. The molecule has 1 heterocycles. The van der Waals surface area contributed by atoms with Gasteiger partial charge in [0.2, 0.25) is 0 Å². The summed E-state index contributed by atoms with van der Waals surface area (Å²) < 4.78 is 1.99. The molecular weight excluding hydrogens is 208 g/mol. The number of halogens is 1. The molecule has 0 aromatic carbocycles. The van der Waals surface area contributed by atoms with Crippen LogP contribution in [-0.4, -0.2) is 15.7 Å². The van der Waals surface area contributed by atoms with E-state index in [-0.39, 0.29) is 0 Å².